The van der Waals surface area contributed by atoms with Crippen LogP contribution in [0.15, 0.2) is 50.8 Å². The fourth-order valence-electron chi connectivity index (χ4n) is 2.86. The molecule has 1 N–H and O–H groups in total. The number of ether oxygens (including phenoxy) is 2. The van der Waals surface area contributed by atoms with Crippen molar-refractivity contribution in [2.45, 2.75) is 13.5 Å². The lowest BCUT2D eigenvalue weighted by Gasteiger charge is -2.08. The minimum Gasteiger partial charge on any atom is -0.454 e. The van der Waals surface area contributed by atoms with Gasteiger partial charge in [0, 0.05) is 22.0 Å². The number of carbonyl (C=O) groups excluding carboxylic acids is 1. The minimum atomic E-state index is -0.508. The number of aromatic nitrogens is 2. The quantitative estimate of drug-likeness (QED) is 0.494. The van der Waals surface area contributed by atoms with Gasteiger partial charge in [0.05, 0.1) is 11.6 Å². The van der Waals surface area contributed by atoms with Crippen LogP contribution in [0, 0.1) is 0 Å². The van der Waals surface area contributed by atoms with Gasteiger partial charge in [0.2, 0.25) is 6.79 Å². The molecule has 0 fully saturated rings. The highest BCUT2D eigenvalue weighted by Crippen LogP contribution is 2.36. The van der Waals surface area contributed by atoms with E-state index < -0.39 is 5.91 Å². The second-order valence-electron chi connectivity index (χ2n) is 5.94. The number of nitrogens with zero attached hydrogens (tertiary/aromatic N) is 3. The van der Waals surface area contributed by atoms with Crippen LogP contribution in [0.3, 0.4) is 0 Å². The summed E-state index contributed by atoms with van der Waals surface area (Å²) in [6.07, 6.45) is 1.49. The minimum absolute atomic E-state index is 0.138. The molecule has 1 aliphatic rings. The molecule has 9 heteroatoms. The Morgan fingerprint density at radius 2 is 2.00 bits per heavy atom. The summed E-state index contributed by atoms with van der Waals surface area (Å²) in [6.45, 7) is 2.32. The lowest BCUT2D eigenvalue weighted by atomic mass is 10.1. The summed E-state index contributed by atoms with van der Waals surface area (Å²) in [4.78, 5) is 25.0. The summed E-state index contributed by atoms with van der Waals surface area (Å²) >= 11 is 3.43. The summed E-state index contributed by atoms with van der Waals surface area (Å²) in [5.41, 5.74) is 3.08. The highest BCUT2D eigenvalue weighted by atomic mass is 79.9. The number of halogens is 1. The van der Waals surface area contributed by atoms with E-state index in [-0.39, 0.29) is 18.0 Å². The normalized spacial score (nSPS) is 12.6. The highest BCUT2D eigenvalue weighted by Gasteiger charge is 2.17. The fraction of sp³-hybridized carbons (Fsp3) is 0.158. The van der Waals surface area contributed by atoms with Crippen LogP contribution in [0.4, 0.5) is 0 Å². The second kappa shape index (κ2) is 7.43. The molecule has 1 aromatic heterocycles. The van der Waals surface area contributed by atoms with Crippen molar-refractivity contribution in [3.05, 3.63) is 62.5 Å². The molecule has 2 aromatic carbocycles. The number of hydrazone groups is 1. The summed E-state index contributed by atoms with van der Waals surface area (Å²) in [7, 11) is 0. The van der Waals surface area contributed by atoms with Gasteiger partial charge in [0.25, 0.3) is 11.5 Å². The van der Waals surface area contributed by atoms with Crippen LogP contribution in [0.25, 0.3) is 10.8 Å². The van der Waals surface area contributed by atoms with E-state index in [0.717, 1.165) is 4.47 Å². The molecule has 0 radical (unpaired) electrons. The molecule has 2 heterocycles. The van der Waals surface area contributed by atoms with E-state index in [2.05, 4.69) is 31.6 Å². The summed E-state index contributed by atoms with van der Waals surface area (Å²) in [5, 5.41) is 9.11. The summed E-state index contributed by atoms with van der Waals surface area (Å²) in [5.74, 6) is 0.746. The number of benzene rings is 2. The Bertz CT molecular complexity index is 1170. The van der Waals surface area contributed by atoms with Crippen molar-refractivity contribution >= 4 is 38.8 Å². The van der Waals surface area contributed by atoms with E-state index in [1.54, 1.807) is 43.3 Å². The molecule has 0 spiro atoms. The van der Waals surface area contributed by atoms with Crippen LogP contribution in [0.1, 0.15) is 23.0 Å². The Hall–Kier alpha value is -3.20. The van der Waals surface area contributed by atoms with Gasteiger partial charge in [-0.2, -0.15) is 10.2 Å². The number of fused-ring (bicyclic) bond motifs is 2. The van der Waals surface area contributed by atoms with Crippen LogP contribution in [0.2, 0.25) is 0 Å². The van der Waals surface area contributed by atoms with E-state index in [0.29, 0.717) is 34.4 Å². The molecule has 8 nitrogen and oxygen atoms in total. The van der Waals surface area contributed by atoms with Crippen LogP contribution < -0.4 is 20.5 Å². The number of carbonyl (C=O) groups is 1. The number of hydrogen-bond acceptors (Lipinski definition) is 6. The maximum atomic E-state index is 12.6. The topological polar surface area (TPSA) is 94.8 Å². The lowest BCUT2D eigenvalue weighted by Crippen LogP contribution is -2.28. The first kappa shape index (κ1) is 18.2. The molecular weight excluding hydrogens is 428 g/mol. The second-order valence-corrected chi connectivity index (χ2v) is 6.80. The zero-order chi connectivity index (χ0) is 19.7. The zero-order valence-corrected chi connectivity index (χ0v) is 16.4. The molecular formula is C19H15BrN4O4. The Morgan fingerprint density at radius 1 is 1.29 bits per heavy atom. The molecule has 0 saturated carbocycles. The van der Waals surface area contributed by atoms with Gasteiger partial charge in [-0.1, -0.05) is 18.2 Å². The van der Waals surface area contributed by atoms with Crippen molar-refractivity contribution in [2.24, 2.45) is 5.10 Å². The van der Waals surface area contributed by atoms with E-state index in [9.17, 15) is 9.59 Å². The maximum absolute atomic E-state index is 12.6. The lowest BCUT2D eigenvalue weighted by molar-refractivity contribution is 0.0949. The molecule has 3 aromatic rings. The number of hydrogen-bond donors (Lipinski definition) is 1. The highest BCUT2D eigenvalue weighted by molar-refractivity contribution is 9.10. The number of aryl methyl sites for hydroxylation is 1. The van der Waals surface area contributed by atoms with Crippen molar-refractivity contribution in [3.63, 3.8) is 0 Å². The first-order valence-electron chi connectivity index (χ1n) is 8.51. The monoisotopic (exact) mass is 442 g/mol. The zero-order valence-electron chi connectivity index (χ0n) is 14.8. The average Bonchev–Trinajstić information content (AvgIpc) is 3.15. The third-order valence-electron chi connectivity index (χ3n) is 4.24. The average molecular weight is 443 g/mol. The molecule has 1 aliphatic heterocycles. The molecule has 0 atom stereocenters. The number of nitrogens with one attached hydrogen (secondary N) is 1. The molecule has 142 valence electrons. The van der Waals surface area contributed by atoms with Crippen molar-refractivity contribution in [3.8, 4) is 11.5 Å². The van der Waals surface area contributed by atoms with E-state index in [4.69, 9.17) is 9.47 Å². The molecule has 0 aliphatic carbocycles. The molecule has 0 bridgehead atoms. The van der Waals surface area contributed by atoms with Crippen molar-refractivity contribution in [1.29, 1.82) is 0 Å². The molecule has 0 saturated heterocycles. The third kappa shape index (κ3) is 3.24. The van der Waals surface area contributed by atoms with E-state index >= 15 is 0 Å². The SMILES string of the molecule is CCn1nc(C(=O)NN=Cc2cc3c(cc2Br)OCO3)c2ccccc2c1=O. The standard InChI is InChI=1S/C19H15BrN4O4/c1-2-24-19(26)13-6-4-3-5-12(13)17(23-24)18(25)22-21-9-11-7-15-16(8-14(11)20)28-10-27-15/h3-9H,2,10H2,1H3,(H,22,25). The Kier molecular flexibility index (Phi) is 4.82. The summed E-state index contributed by atoms with van der Waals surface area (Å²) < 4.78 is 12.7. The Labute approximate surface area is 167 Å². The van der Waals surface area contributed by atoms with Gasteiger partial charge in [-0.15, -0.1) is 0 Å². The van der Waals surface area contributed by atoms with E-state index in [1.165, 1.54) is 10.9 Å². The predicted octanol–water partition coefficient (Wildman–Crippen LogP) is 2.67. The fourth-order valence-corrected chi connectivity index (χ4v) is 3.29. The Balaban J connectivity index is 1.62. The van der Waals surface area contributed by atoms with Crippen LogP contribution in [-0.2, 0) is 6.54 Å². The third-order valence-corrected chi connectivity index (χ3v) is 4.93. The van der Waals surface area contributed by atoms with Gasteiger partial charge in [-0.25, -0.2) is 10.1 Å². The van der Waals surface area contributed by atoms with Crippen LogP contribution >= 0.6 is 15.9 Å². The van der Waals surface area contributed by atoms with Crippen LogP contribution in [-0.4, -0.2) is 28.7 Å². The summed E-state index contributed by atoms with van der Waals surface area (Å²) in [6, 6.07) is 10.4. The predicted molar refractivity (Wildman–Crippen MR) is 107 cm³/mol. The van der Waals surface area contributed by atoms with Gasteiger partial charge in [-0.05, 0) is 41.1 Å². The molecule has 4 rings (SSSR count). The van der Waals surface area contributed by atoms with Gasteiger partial charge in [-0.3, -0.25) is 9.59 Å². The van der Waals surface area contributed by atoms with Gasteiger partial charge >= 0.3 is 0 Å². The number of amides is 1. The first-order chi connectivity index (χ1) is 13.6. The maximum Gasteiger partial charge on any atom is 0.292 e. The van der Waals surface area contributed by atoms with E-state index in [1.807, 2.05) is 0 Å². The molecule has 28 heavy (non-hydrogen) atoms. The largest absolute Gasteiger partial charge is 0.454 e. The Morgan fingerprint density at radius 3 is 2.75 bits per heavy atom. The van der Waals surface area contributed by atoms with Crippen molar-refractivity contribution < 1.29 is 14.3 Å². The van der Waals surface area contributed by atoms with Crippen LogP contribution in [0.5, 0.6) is 11.5 Å². The van der Waals surface area contributed by atoms with Gasteiger partial charge in [0.1, 0.15) is 0 Å². The van der Waals surface area contributed by atoms with Gasteiger partial charge in [0.15, 0.2) is 17.2 Å². The molecule has 1 amide bonds. The van der Waals surface area contributed by atoms with Crippen molar-refractivity contribution in [2.75, 3.05) is 6.79 Å². The van der Waals surface area contributed by atoms with Gasteiger partial charge < -0.3 is 9.47 Å². The molecule has 0 unspecified atom stereocenters. The number of rotatable bonds is 4. The smallest absolute Gasteiger partial charge is 0.292 e. The van der Waals surface area contributed by atoms with Crippen molar-refractivity contribution in [1.82, 2.24) is 15.2 Å². The first-order valence-corrected chi connectivity index (χ1v) is 9.30.